The normalized spacial score (nSPS) is 27.0. The monoisotopic (exact) mass is 331 g/mol. The van der Waals surface area contributed by atoms with Crippen molar-refractivity contribution in [3.05, 3.63) is 0 Å². The van der Waals surface area contributed by atoms with E-state index < -0.39 is 9.84 Å². The third-order valence-corrected chi connectivity index (χ3v) is 7.72. The molecule has 0 aromatic carbocycles. The molecule has 2 fully saturated rings. The van der Waals surface area contributed by atoms with E-state index in [9.17, 15) is 8.42 Å². The Labute approximate surface area is 129 Å². The molecular formula is C13H21N3O3S2. The van der Waals surface area contributed by atoms with Crippen LogP contribution in [0.5, 0.6) is 0 Å². The van der Waals surface area contributed by atoms with E-state index in [-0.39, 0.29) is 21.6 Å². The molecule has 2 aliphatic rings. The molecule has 1 saturated heterocycles. The average molecular weight is 331 g/mol. The number of piperidine rings is 1. The Morgan fingerprint density at radius 3 is 2.81 bits per heavy atom. The maximum Gasteiger partial charge on any atom is 0.187 e. The van der Waals surface area contributed by atoms with Gasteiger partial charge in [-0.1, -0.05) is 0 Å². The van der Waals surface area contributed by atoms with Crippen molar-refractivity contribution in [2.75, 3.05) is 30.8 Å². The third kappa shape index (κ3) is 2.64. The van der Waals surface area contributed by atoms with Crippen LogP contribution in [0.1, 0.15) is 32.6 Å². The van der Waals surface area contributed by atoms with Crippen molar-refractivity contribution in [2.24, 2.45) is 0 Å². The van der Waals surface area contributed by atoms with E-state index in [1.807, 2.05) is 0 Å². The molecule has 3 rings (SSSR count). The number of nitrogens with zero attached hydrogens (tertiary/aromatic N) is 2. The molecule has 1 unspecified atom stereocenters. The first-order valence-electron chi connectivity index (χ1n) is 7.16. The van der Waals surface area contributed by atoms with Gasteiger partial charge in [0.15, 0.2) is 15.7 Å². The second-order valence-electron chi connectivity index (χ2n) is 6.13. The maximum absolute atomic E-state index is 12.6. The number of hydrogen-bond acceptors (Lipinski definition) is 7. The summed E-state index contributed by atoms with van der Waals surface area (Å²) >= 11 is 1.18. The summed E-state index contributed by atoms with van der Waals surface area (Å²) in [6, 6.07) is 0. The van der Waals surface area contributed by atoms with Crippen molar-refractivity contribution in [1.82, 2.24) is 4.37 Å². The minimum absolute atomic E-state index is 0.145. The van der Waals surface area contributed by atoms with Gasteiger partial charge in [0, 0.05) is 20.2 Å². The molecule has 2 heterocycles. The summed E-state index contributed by atoms with van der Waals surface area (Å²) < 4.78 is 34.9. The summed E-state index contributed by atoms with van der Waals surface area (Å²) in [7, 11) is -1.64. The fourth-order valence-corrected chi connectivity index (χ4v) is 5.90. The first-order valence-corrected chi connectivity index (χ1v) is 9.48. The van der Waals surface area contributed by atoms with Crippen LogP contribution in [0.3, 0.4) is 0 Å². The predicted octanol–water partition coefficient (Wildman–Crippen LogP) is 1.67. The highest BCUT2D eigenvalue weighted by Crippen LogP contribution is 2.43. The minimum atomic E-state index is -3.34. The highest BCUT2D eigenvalue weighted by Gasteiger charge is 2.42. The Balaban J connectivity index is 1.96. The first kappa shape index (κ1) is 15.1. The van der Waals surface area contributed by atoms with Gasteiger partial charge in [0.2, 0.25) is 0 Å². The molecule has 1 saturated carbocycles. The van der Waals surface area contributed by atoms with Crippen LogP contribution in [0.25, 0.3) is 0 Å². The molecule has 0 bridgehead atoms. The Kier molecular flexibility index (Phi) is 3.66. The molecule has 1 aliphatic heterocycles. The lowest BCUT2D eigenvalue weighted by molar-refractivity contribution is -0.00460. The van der Waals surface area contributed by atoms with Crippen LogP contribution >= 0.6 is 11.5 Å². The zero-order chi connectivity index (χ0) is 15.3. The lowest BCUT2D eigenvalue weighted by Gasteiger charge is -2.40. The van der Waals surface area contributed by atoms with Crippen LogP contribution in [0.15, 0.2) is 4.90 Å². The van der Waals surface area contributed by atoms with Gasteiger partial charge in [-0.05, 0) is 44.1 Å². The quantitative estimate of drug-likeness (QED) is 0.903. The summed E-state index contributed by atoms with van der Waals surface area (Å²) in [4.78, 5) is 2.31. The van der Waals surface area contributed by atoms with E-state index >= 15 is 0 Å². The standard InChI is InChI=1S/C13H21N3O3S2/c1-13(19-2)6-3-7-16(8-13)12-10(11(14)15-20-12)21(17,18)9-4-5-9/h9H,3-8H2,1-2H3,(H2,14,15). The SMILES string of the molecule is COC1(C)CCCN(c2snc(N)c2S(=O)(=O)C2CC2)C1. The summed E-state index contributed by atoms with van der Waals surface area (Å²) in [6.07, 6.45) is 3.39. The number of hydrogen-bond donors (Lipinski definition) is 1. The zero-order valence-corrected chi connectivity index (χ0v) is 14.0. The first-order chi connectivity index (χ1) is 9.87. The largest absolute Gasteiger partial charge is 0.382 e. The van der Waals surface area contributed by atoms with Crippen LogP contribution in [0.2, 0.25) is 0 Å². The molecule has 0 amide bonds. The number of anilines is 2. The van der Waals surface area contributed by atoms with E-state index in [4.69, 9.17) is 10.5 Å². The van der Waals surface area contributed by atoms with Crippen LogP contribution in [0.4, 0.5) is 10.8 Å². The van der Waals surface area contributed by atoms with Gasteiger partial charge < -0.3 is 15.4 Å². The molecule has 1 aromatic rings. The number of rotatable bonds is 4. The molecule has 1 aliphatic carbocycles. The van der Waals surface area contributed by atoms with E-state index in [1.165, 1.54) is 11.5 Å². The summed E-state index contributed by atoms with van der Waals surface area (Å²) in [5, 5.41) is 0.413. The number of methoxy groups -OCH3 is 1. The maximum atomic E-state index is 12.6. The molecule has 1 atom stereocenters. The molecular weight excluding hydrogens is 310 g/mol. The Hall–Kier alpha value is -0.860. The average Bonchev–Trinajstić information content (AvgIpc) is 3.22. The molecule has 0 spiro atoms. The smallest absolute Gasteiger partial charge is 0.187 e. The van der Waals surface area contributed by atoms with Gasteiger partial charge in [-0.2, -0.15) is 4.37 Å². The molecule has 8 heteroatoms. The van der Waals surface area contributed by atoms with E-state index in [2.05, 4.69) is 16.2 Å². The van der Waals surface area contributed by atoms with Crippen molar-refractivity contribution < 1.29 is 13.2 Å². The van der Waals surface area contributed by atoms with Crippen molar-refractivity contribution in [1.29, 1.82) is 0 Å². The van der Waals surface area contributed by atoms with Gasteiger partial charge in [0.25, 0.3) is 0 Å². The molecule has 1 aromatic heterocycles. The van der Waals surface area contributed by atoms with Crippen LogP contribution in [-0.4, -0.2) is 43.8 Å². The number of ether oxygens (including phenoxy) is 1. The Bertz CT molecular complexity index is 639. The second kappa shape index (κ2) is 5.10. The third-order valence-electron chi connectivity index (χ3n) is 4.34. The molecule has 2 N–H and O–H groups in total. The summed E-state index contributed by atoms with van der Waals surface area (Å²) in [5.74, 6) is 0.145. The summed E-state index contributed by atoms with van der Waals surface area (Å²) in [5.41, 5.74) is 5.61. The lowest BCUT2D eigenvalue weighted by atomic mass is 9.95. The van der Waals surface area contributed by atoms with Crippen LogP contribution in [0, 0.1) is 0 Å². The molecule has 21 heavy (non-hydrogen) atoms. The molecule has 0 radical (unpaired) electrons. The van der Waals surface area contributed by atoms with Gasteiger partial charge in [0.1, 0.15) is 9.90 Å². The topological polar surface area (TPSA) is 85.5 Å². The number of aromatic nitrogens is 1. The van der Waals surface area contributed by atoms with Crippen molar-refractivity contribution in [3.63, 3.8) is 0 Å². The van der Waals surface area contributed by atoms with Crippen molar-refractivity contribution in [2.45, 2.75) is 48.4 Å². The predicted molar refractivity (Wildman–Crippen MR) is 83.6 cm³/mol. The van der Waals surface area contributed by atoms with Gasteiger partial charge in [0.05, 0.1) is 10.9 Å². The van der Waals surface area contributed by atoms with E-state index in [0.717, 1.165) is 32.2 Å². The van der Waals surface area contributed by atoms with Gasteiger partial charge in [-0.15, -0.1) is 0 Å². The van der Waals surface area contributed by atoms with Gasteiger partial charge in [-0.3, -0.25) is 0 Å². The molecule has 118 valence electrons. The highest BCUT2D eigenvalue weighted by molar-refractivity contribution is 7.92. The van der Waals surface area contributed by atoms with Crippen LogP contribution < -0.4 is 10.6 Å². The summed E-state index contributed by atoms with van der Waals surface area (Å²) in [6.45, 7) is 3.53. The second-order valence-corrected chi connectivity index (χ2v) is 9.04. The van der Waals surface area contributed by atoms with Gasteiger partial charge in [-0.25, -0.2) is 8.42 Å². The van der Waals surface area contributed by atoms with Crippen molar-refractivity contribution in [3.8, 4) is 0 Å². The zero-order valence-electron chi connectivity index (χ0n) is 12.3. The molecule has 6 nitrogen and oxygen atoms in total. The number of nitrogens with two attached hydrogens (primary N) is 1. The van der Waals surface area contributed by atoms with Crippen LogP contribution in [-0.2, 0) is 14.6 Å². The van der Waals surface area contributed by atoms with Crippen molar-refractivity contribution >= 4 is 32.2 Å². The Morgan fingerprint density at radius 1 is 1.48 bits per heavy atom. The van der Waals surface area contributed by atoms with E-state index in [0.29, 0.717) is 11.5 Å². The fourth-order valence-electron chi connectivity index (χ4n) is 2.84. The lowest BCUT2D eigenvalue weighted by Crippen LogP contribution is -2.47. The highest BCUT2D eigenvalue weighted by atomic mass is 32.2. The number of nitrogen functional groups attached to an aromatic ring is 1. The fraction of sp³-hybridized carbons (Fsp3) is 0.769. The number of sulfone groups is 1. The van der Waals surface area contributed by atoms with Gasteiger partial charge >= 0.3 is 0 Å². The Morgan fingerprint density at radius 2 is 2.19 bits per heavy atom. The van der Waals surface area contributed by atoms with E-state index in [1.54, 1.807) is 7.11 Å². The minimum Gasteiger partial charge on any atom is -0.382 e.